The topological polar surface area (TPSA) is 39.3 Å². The Balaban J connectivity index is 1.53. The minimum Gasteiger partial charge on any atom is -0.396 e. The number of halogens is 1. The Kier molecular flexibility index (Phi) is 5.74. The van der Waals surface area contributed by atoms with Gasteiger partial charge in [0.2, 0.25) is 0 Å². The molecule has 1 atom stereocenters. The van der Waals surface area contributed by atoms with E-state index >= 15 is 0 Å². The van der Waals surface area contributed by atoms with Crippen molar-refractivity contribution < 1.29 is 5.11 Å². The normalized spacial score (nSPS) is 16.5. The summed E-state index contributed by atoms with van der Waals surface area (Å²) in [6.45, 7) is 0.935. The molecule has 3 nitrogen and oxygen atoms in total. The van der Waals surface area contributed by atoms with E-state index in [-0.39, 0.29) is 12.6 Å². The number of nitrogens with one attached hydrogen (secondary N) is 1. The molecule has 140 valence electrons. The molecule has 1 aromatic heterocycles. The van der Waals surface area contributed by atoms with E-state index in [1.165, 1.54) is 27.7 Å². The van der Waals surface area contributed by atoms with Gasteiger partial charge in [-0.3, -0.25) is 0 Å². The molecule has 0 radical (unpaired) electrons. The fraction of sp³-hybridized carbons (Fsp3) is 0.286. The van der Waals surface area contributed by atoms with Crippen molar-refractivity contribution in [3.05, 3.63) is 70.4 Å². The summed E-state index contributed by atoms with van der Waals surface area (Å²) in [6.07, 6.45) is 1.63. The SMILES string of the molecule is OCC[C@H]1Cc2c([nH]c3ccccc23)CN1C(=S)SCc1ccc(Cl)cc1. The second kappa shape index (κ2) is 8.23. The number of thioether (sulfide) groups is 1. The van der Waals surface area contributed by atoms with E-state index in [0.29, 0.717) is 0 Å². The molecule has 2 N–H and O–H groups in total. The monoisotopic (exact) mass is 416 g/mol. The largest absolute Gasteiger partial charge is 0.396 e. The third-order valence-electron chi connectivity index (χ3n) is 5.08. The highest BCUT2D eigenvalue weighted by molar-refractivity contribution is 8.22. The quantitative estimate of drug-likeness (QED) is 0.577. The molecule has 0 unspecified atom stereocenters. The number of benzene rings is 2. The van der Waals surface area contributed by atoms with Gasteiger partial charge in [-0.2, -0.15) is 0 Å². The van der Waals surface area contributed by atoms with E-state index in [4.69, 9.17) is 23.8 Å². The van der Waals surface area contributed by atoms with Gasteiger partial charge in [0.1, 0.15) is 4.32 Å². The van der Waals surface area contributed by atoms with Crippen molar-refractivity contribution in [2.75, 3.05) is 6.61 Å². The van der Waals surface area contributed by atoms with Crippen LogP contribution in [0.1, 0.15) is 23.2 Å². The minimum atomic E-state index is 0.170. The molecule has 0 saturated heterocycles. The zero-order valence-electron chi connectivity index (χ0n) is 14.8. The van der Waals surface area contributed by atoms with Gasteiger partial charge in [-0.05, 0) is 42.2 Å². The molecule has 3 aromatic rings. The Morgan fingerprint density at radius 3 is 2.78 bits per heavy atom. The van der Waals surface area contributed by atoms with Crippen molar-refractivity contribution >= 4 is 50.8 Å². The molecule has 2 aromatic carbocycles. The Labute approximate surface area is 173 Å². The standard InChI is InChI=1S/C21H21ClN2OS2/c22-15-7-5-14(6-8-15)13-27-21(26)24-12-20-18(11-16(24)9-10-25)17-3-1-2-4-19(17)23-20/h1-8,16,23,25H,9-13H2/t16-/m0/s1. The maximum atomic E-state index is 9.57. The van der Waals surface area contributed by atoms with Crippen LogP contribution in [0.2, 0.25) is 5.02 Å². The summed E-state index contributed by atoms with van der Waals surface area (Å²) < 4.78 is 0.882. The van der Waals surface area contributed by atoms with Gasteiger partial charge in [0.25, 0.3) is 0 Å². The van der Waals surface area contributed by atoms with Crippen molar-refractivity contribution in [3.8, 4) is 0 Å². The van der Waals surface area contributed by atoms with Crippen LogP contribution in [0.15, 0.2) is 48.5 Å². The highest BCUT2D eigenvalue weighted by Gasteiger charge is 2.30. The van der Waals surface area contributed by atoms with Crippen LogP contribution in [0.4, 0.5) is 0 Å². The smallest absolute Gasteiger partial charge is 0.137 e. The average molecular weight is 417 g/mol. The Hall–Kier alpha value is -1.53. The van der Waals surface area contributed by atoms with E-state index in [1.54, 1.807) is 11.8 Å². The fourth-order valence-corrected chi connectivity index (χ4v) is 5.08. The molecule has 27 heavy (non-hydrogen) atoms. The number of aliphatic hydroxyl groups excluding tert-OH is 1. The molecule has 2 heterocycles. The number of hydrogen-bond donors (Lipinski definition) is 2. The summed E-state index contributed by atoms with van der Waals surface area (Å²) in [5, 5.41) is 11.6. The Morgan fingerprint density at radius 1 is 1.22 bits per heavy atom. The van der Waals surface area contributed by atoms with Gasteiger partial charge in [0.15, 0.2) is 0 Å². The van der Waals surface area contributed by atoms with Gasteiger partial charge in [0.05, 0.1) is 6.54 Å². The van der Waals surface area contributed by atoms with Gasteiger partial charge in [-0.1, -0.05) is 65.9 Å². The Bertz CT molecular complexity index is 954. The van der Waals surface area contributed by atoms with Crippen LogP contribution in [-0.4, -0.2) is 32.0 Å². The lowest BCUT2D eigenvalue weighted by Crippen LogP contribution is -2.43. The van der Waals surface area contributed by atoms with Crippen molar-refractivity contribution in [2.24, 2.45) is 0 Å². The van der Waals surface area contributed by atoms with Gasteiger partial charge in [-0.25, -0.2) is 0 Å². The molecule has 0 spiro atoms. The fourth-order valence-electron chi connectivity index (χ4n) is 3.70. The number of hydrogen-bond acceptors (Lipinski definition) is 3. The first-order valence-electron chi connectivity index (χ1n) is 9.03. The van der Waals surface area contributed by atoms with Crippen LogP contribution in [0, 0.1) is 0 Å². The number of thiocarbonyl (C=S) groups is 1. The van der Waals surface area contributed by atoms with E-state index in [2.05, 4.69) is 34.1 Å². The number of fused-ring (bicyclic) bond motifs is 3. The first-order chi connectivity index (χ1) is 13.2. The van der Waals surface area contributed by atoms with E-state index < -0.39 is 0 Å². The summed E-state index contributed by atoms with van der Waals surface area (Å²) in [4.78, 5) is 5.82. The first-order valence-corrected chi connectivity index (χ1v) is 10.8. The number of nitrogens with zero attached hydrogens (tertiary/aromatic N) is 1. The molecule has 0 amide bonds. The highest BCUT2D eigenvalue weighted by atomic mass is 35.5. The van der Waals surface area contributed by atoms with Gasteiger partial charge < -0.3 is 15.0 Å². The molecule has 4 rings (SSSR count). The van der Waals surface area contributed by atoms with Crippen LogP contribution < -0.4 is 0 Å². The molecule has 0 fully saturated rings. The molecule has 0 bridgehead atoms. The summed E-state index contributed by atoms with van der Waals surface area (Å²) >= 11 is 13.4. The van der Waals surface area contributed by atoms with Crippen LogP contribution >= 0.6 is 35.6 Å². The van der Waals surface area contributed by atoms with Crippen molar-refractivity contribution in [3.63, 3.8) is 0 Å². The number of aliphatic hydroxyl groups is 1. The number of rotatable bonds is 4. The predicted octanol–water partition coefficient (Wildman–Crippen LogP) is 5.15. The predicted molar refractivity (Wildman–Crippen MR) is 118 cm³/mol. The van der Waals surface area contributed by atoms with Crippen LogP contribution in [-0.2, 0) is 18.7 Å². The average Bonchev–Trinajstić information content (AvgIpc) is 3.04. The number of H-pyrrole nitrogens is 1. The summed E-state index contributed by atoms with van der Waals surface area (Å²) in [7, 11) is 0. The highest BCUT2D eigenvalue weighted by Crippen LogP contribution is 2.33. The summed E-state index contributed by atoms with van der Waals surface area (Å²) in [5.74, 6) is 0.817. The maximum Gasteiger partial charge on any atom is 0.137 e. The molecule has 6 heteroatoms. The zero-order valence-corrected chi connectivity index (χ0v) is 17.2. The van der Waals surface area contributed by atoms with Gasteiger partial charge in [0, 0.05) is 40.0 Å². The second-order valence-electron chi connectivity index (χ2n) is 6.81. The third kappa shape index (κ3) is 4.02. The number of para-hydroxylation sites is 1. The van der Waals surface area contributed by atoms with Crippen molar-refractivity contribution in [1.29, 1.82) is 0 Å². The van der Waals surface area contributed by atoms with Crippen molar-refractivity contribution in [2.45, 2.75) is 31.2 Å². The maximum absolute atomic E-state index is 9.57. The Morgan fingerprint density at radius 2 is 2.00 bits per heavy atom. The minimum absolute atomic E-state index is 0.170. The lowest BCUT2D eigenvalue weighted by molar-refractivity contribution is 0.208. The van der Waals surface area contributed by atoms with E-state index in [1.807, 2.05) is 24.3 Å². The molecule has 0 aliphatic carbocycles. The zero-order chi connectivity index (χ0) is 18.8. The molecule has 0 saturated carbocycles. The van der Waals surface area contributed by atoms with Crippen LogP contribution in [0.3, 0.4) is 0 Å². The van der Waals surface area contributed by atoms with Crippen LogP contribution in [0.5, 0.6) is 0 Å². The molecule has 1 aliphatic heterocycles. The molecular formula is C21H21ClN2OS2. The van der Waals surface area contributed by atoms with E-state index in [0.717, 1.165) is 34.5 Å². The number of aromatic nitrogens is 1. The van der Waals surface area contributed by atoms with E-state index in [9.17, 15) is 5.11 Å². The molecule has 1 aliphatic rings. The van der Waals surface area contributed by atoms with Gasteiger partial charge >= 0.3 is 0 Å². The summed E-state index contributed by atoms with van der Waals surface area (Å²) in [5.41, 5.74) is 4.98. The number of aromatic amines is 1. The third-order valence-corrected chi connectivity index (χ3v) is 6.88. The van der Waals surface area contributed by atoms with Crippen LogP contribution in [0.25, 0.3) is 10.9 Å². The van der Waals surface area contributed by atoms with Crippen molar-refractivity contribution in [1.82, 2.24) is 9.88 Å². The summed E-state index contributed by atoms with van der Waals surface area (Å²) in [6, 6.07) is 16.5. The lowest BCUT2D eigenvalue weighted by Gasteiger charge is -2.37. The van der Waals surface area contributed by atoms with Gasteiger partial charge in [-0.15, -0.1) is 0 Å². The second-order valence-corrected chi connectivity index (χ2v) is 8.85. The lowest BCUT2D eigenvalue weighted by atomic mass is 9.95. The molecular weight excluding hydrogens is 396 g/mol. The first kappa shape index (κ1) is 18.8.